The average molecular weight is 270 g/mol. The second-order valence-corrected chi connectivity index (χ2v) is 7.99. The van der Waals surface area contributed by atoms with Crippen LogP contribution in [-0.4, -0.2) is 56.6 Å². The Bertz CT molecular complexity index is 438. The van der Waals surface area contributed by atoms with Crippen LogP contribution in [0.5, 0.6) is 0 Å². The fourth-order valence-corrected chi connectivity index (χ4v) is 4.51. The average Bonchev–Trinajstić information content (AvgIpc) is 2.90. The normalized spacial score (nSPS) is 37.5. The van der Waals surface area contributed by atoms with Crippen molar-refractivity contribution in [3.63, 3.8) is 0 Å². The van der Waals surface area contributed by atoms with Crippen LogP contribution in [0.4, 0.5) is 0 Å². The molecule has 3 rings (SSSR count). The summed E-state index contributed by atoms with van der Waals surface area (Å²) in [5.74, 6) is 2.44. The van der Waals surface area contributed by atoms with E-state index in [0.717, 1.165) is 37.4 Å². The Morgan fingerprint density at radius 2 is 1.83 bits per heavy atom. The number of allylic oxidation sites excluding steroid dienone is 2. The summed E-state index contributed by atoms with van der Waals surface area (Å²) in [5.41, 5.74) is 0. The van der Waals surface area contributed by atoms with Gasteiger partial charge in [-0.25, -0.2) is 8.42 Å². The largest absolute Gasteiger partial charge is 0.300 e. The first-order valence-corrected chi connectivity index (χ1v) is 8.73. The van der Waals surface area contributed by atoms with Gasteiger partial charge in [-0.15, -0.1) is 0 Å². The molecule has 0 spiro atoms. The zero-order valence-electron chi connectivity index (χ0n) is 11.0. The zero-order chi connectivity index (χ0) is 12.8. The van der Waals surface area contributed by atoms with Crippen molar-refractivity contribution in [1.82, 2.24) is 9.21 Å². The minimum absolute atomic E-state index is 0.662. The number of hydrogen-bond acceptors (Lipinski definition) is 3. The molecular formula is C13H22N2O2S. The van der Waals surface area contributed by atoms with E-state index in [1.807, 2.05) is 0 Å². The molecule has 3 aliphatic rings. The molecule has 0 aromatic heterocycles. The summed E-state index contributed by atoms with van der Waals surface area (Å²) in [7, 11) is -2.99. The van der Waals surface area contributed by atoms with E-state index in [0.29, 0.717) is 13.1 Å². The van der Waals surface area contributed by atoms with Crippen molar-refractivity contribution < 1.29 is 8.42 Å². The first kappa shape index (κ1) is 12.6. The lowest BCUT2D eigenvalue weighted by molar-refractivity contribution is 0.156. The Morgan fingerprint density at radius 1 is 1.11 bits per heavy atom. The Labute approximate surface area is 110 Å². The predicted molar refractivity (Wildman–Crippen MR) is 71.7 cm³/mol. The van der Waals surface area contributed by atoms with Crippen LogP contribution in [0.25, 0.3) is 0 Å². The van der Waals surface area contributed by atoms with Gasteiger partial charge in [-0.3, -0.25) is 0 Å². The zero-order valence-corrected chi connectivity index (χ0v) is 11.8. The van der Waals surface area contributed by atoms with Gasteiger partial charge in [0.25, 0.3) is 0 Å². The van der Waals surface area contributed by atoms with Crippen LogP contribution in [0.15, 0.2) is 12.2 Å². The van der Waals surface area contributed by atoms with E-state index in [-0.39, 0.29) is 0 Å². The molecule has 0 aromatic carbocycles. The van der Waals surface area contributed by atoms with Crippen LogP contribution in [0.2, 0.25) is 0 Å². The Morgan fingerprint density at radius 3 is 2.33 bits per heavy atom. The molecular weight excluding hydrogens is 248 g/mol. The quantitative estimate of drug-likeness (QED) is 0.712. The third-order valence-electron chi connectivity index (χ3n) is 4.71. The maximum Gasteiger partial charge on any atom is 0.211 e. The maximum atomic E-state index is 11.4. The van der Waals surface area contributed by atoms with Gasteiger partial charge in [0.2, 0.25) is 10.0 Å². The van der Waals surface area contributed by atoms with Crippen molar-refractivity contribution in [2.24, 2.45) is 17.8 Å². The predicted octanol–water partition coefficient (Wildman–Crippen LogP) is 0.776. The molecule has 1 saturated heterocycles. The molecule has 2 bridgehead atoms. The summed E-state index contributed by atoms with van der Waals surface area (Å²) in [6.07, 6.45) is 8.78. The molecule has 3 atom stereocenters. The highest BCUT2D eigenvalue weighted by molar-refractivity contribution is 7.88. The van der Waals surface area contributed by atoms with Crippen molar-refractivity contribution in [2.45, 2.75) is 12.8 Å². The lowest BCUT2D eigenvalue weighted by Crippen LogP contribution is -2.49. The fraction of sp³-hybridized carbons (Fsp3) is 0.846. The molecule has 2 aliphatic carbocycles. The number of piperazine rings is 1. The first-order valence-electron chi connectivity index (χ1n) is 6.88. The van der Waals surface area contributed by atoms with Gasteiger partial charge in [0.15, 0.2) is 0 Å². The highest BCUT2D eigenvalue weighted by atomic mass is 32.2. The van der Waals surface area contributed by atoms with Crippen LogP contribution in [0.3, 0.4) is 0 Å². The minimum Gasteiger partial charge on any atom is -0.300 e. The molecule has 4 nitrogen and oxygen atoms in total. The van der Waals surface area contributed by atoms with Crippen molar-refractivity contribution in [1.29, 1.82) is 0 Å². The lowest BCUT2D eigenvalue weighted by atomic mass is 9.93. The summed E-state index contributed by atoms with van der Waals surface area (Å²) in [5, 5.41) is 0. The van der Waals surface area contributed by atoms with Crippen LogP contribution in [0.1, 0.15) is 12.8 Å². The van der Waals surface area contributed by atoms with E-state index >= 15 is 0 Å². The third-order valence-corrected chi connectivity index (χ3v) is 6.01. The highest BCUT2D eigenvalue weighted by Crippen LogP contribution is 2.43. The van der Waals surface area contributed by atoms with E-state index in [1.54, 1.807) is 4.31 Å². The Balaban J connectivity index is 1.50. The topological polar surface area (TPSA) is 40.6 Å². The van der Waals surface area contributed by atoms with Crippen molar-refractivity contribution >= 4 is 10.0 Å². The van der Waals surface area contributed by atoms with Gasteiger partial charge in [0.05, 0.1) is 6.26 Å². The second-order valence-electron chi connectivity index (χ2n) is 6.00. The van der Waals surface area contributed by atoms with Crippen molar-refractivity contribution in [3.8, 4) is 0 Å². The van der Waals surface area contributed by atoms with Gasteiger partial charge in [-0.05, 0) is 30.6 Å². The lowest BCUT2D eigenvalue weighted by Gasteiger charge is -2.35. The molecule has 0 aromatic rings. The highest BCUT2D eigenvalue weighted by Gasteiger charge is 2.37. The van der Waals surface area contributed by atoms with E-state index in [9.17, 15) is 8.42 Å². The van der Waals surface area contributed by atoms with Gasteiger partial charge in [0, 0.05) is 32.7 Å². The monoisotopic (exact) mass is 270 g/mol. The number of nitrogens with zero attached hydrogens (tertiary/aromatic N) is 2. The Kier molecular flexibility index (Phi) is 3.24. The smallest absolute Gasteiger partial charge is 0.211 e. The first-order chi connectivity index (χ1) is 8.52. The van der Waals surface area contributed by atoms with Gasteiger partial charge in [0.1, 0.15) is 0 Å². The molecule has 102 valence electrons. The van der Waals surface area contributed by atoms with E-state index < -0.39 is 10.0 Å². The maximum absolute atomic E-state index is 11.4. The fourth-order valence-electron chi connectivity index (χ4n) is 3.68. The third kappa shape index (κ3) is 2.49. The van der Waals surface area contributed by atoms with Gasteiger partial charge < -0.3 is 4.90 Å². The molecule has 0 unspecified atom stereocenters. The van der Waals surface area contributed by atoms with E-state index in [2.05, 4.69) is 17.1 Å². The van der Waals surface area contributed by atoms with Crippen LogP contribution < -0.4 is 0 Å². The number of hydrogen-bond donors (Lipinski definition) is 0. The molecule has 0 amide bonds. The summed E-state index contributed by atoms with van der Waals surface area (Å²) in [4.78, 5) is 2.45. The van der Waals surface area contributed by atoms with Gasteiger partial charge >= 0.3 is 0 Å². The van der Waals surface area contributed by atoms with Crippen LogP contribution in [-0.2, 0) is 10.0 Å². The van der Waals surface area contributed by atoms with Crippen molar-refractivity contribution in [2.75, 3.05) is 39.0 Å². The van der Waals surface area contributed by atoms with Gasteiger partial charge in [-0.2, -0.15) is 4.31 Å². The van der Waals surface area contributed by atoms with Crippen molar-refractivity contribution in [3.05, 3.63) is 12.2 Å². The molecule has 1 heterocycles. The summed E-state index contributed by atoms with van der Waals surface area (Å²) in [6.45, 7) is 4.27. The summed E-state index contributed by atoms with van der Waals surface area (Å²) in [6, 6.07) is 0. The standard InChI is InChI=1S/C13H22N2O2S/c1-18(16,17)15-6-4-14(5-7-15)10-13-9-11-2-3-12(13)8-11/h2-3,11-13H,4-10H2,1H3/t11-,12+,13+/m1/s1. The van der Waals surface area contributed by atoms with Gasteiger partial charge in [-0.1, -0.05) is 12.2 Å². The van der Waals surface area contributed by atoms with E-state index in [1.165, 1.54) is 19.1 Å². The molecule has 0 radical (unpaired) electrons. The molecule has 0 N–H and O–H groups in total. The second kappa shape index (κ2) is 4.62. The number of sulfonamides is 1. The van der Waals surface area contributed by atoms with Crippen LogP contribution in [0, 0.1) is 17.8 Å². The minimum atomic E-state index is -2.99. The van der Waals surface area contributed by atoms with Crippen LogP contribution >= 0.6 is 0 Å². The molecule has 18 heavy (non-hydrogen) atoms. The van der Waals surface area contributed by atoms with E-state index in [4.69, 9.17) is 0 Å². The summed E-state index contributed by atoms with van der Waals surface area (Å²) >= 11 is 0. The summed E-state index contributed by atoms with van der Waals surface area (Å²) < 4.78 is 24.5. The number of rotatable bonds is 3. The Hall–Kier alpha value is -0.390. The number of fused-ring (bicyclic) bond motifs is 2. The molecule has 1 aliphatic heterocycles. The molecule has 2 fully saturated rings. The molecule has 5 heteroatoms. The SMILES string of the molecule is CS(=O)(=O)N1CCN(C[C@@H]2C[C@@H]3C=C[C@H]2C3)CC1. The molecule has 1 saturated carbocycles.